The number of nitrogens with zero attached hydrogens (tertiary/aromatic N) is 1. The lowest BCUT2D eigenvalue weighted by Gasteiger charge is -2.20. The number of benzene rings is 1. The quantitative estimate of drug-likeness (QED) is 0.848. The van der Waals surface area contributed by atoms with Crippen LogP contribution in [0.1, 0.15) is 13.3 Å². The van der Waals surface area contributed by atoms with Crippen LogP contribution in [0.5, 0.6) is 0 Å². The fourth-order valence-electron chi connectivity index (χ4n) is 1.99. The Kier molecular flexibility index (Phi) is 3.98. The van der Waals surface area contributed by atoms with Crippen molar-refractivity contribution in [1.29, 1.82) is 0 Å². The lowest BCUT2D eigenvalue weighted by molar-refractivity contribution is -0.125. The fraction of sp³-hybridized carbons (Fsp3) is 0.500. The smallest absolute Gasteiger partial charge is 0.229 e. The molecule has 0 aromatic heterocycles. The van der Waals surface area contributed by atoms with Crippen molar-refractivity contribution in [3.63, 3.8) is 0 Å². The number of carbonyl (C=O) groups is 1. The van der Waals surface area contributed by atoms with Crippen molar-refractivity contribution in [3.8, 4) is 0 Å². The van der Waals surface area contributed by atoms with Crippen molar-refractivity contribution in [1.82, 2.24) is 5.32 Å². The number of halogens is 2. The summed E-state index contributed by atoms with van der Waals surface area (Å²) < 4.78 is -0.900. The molecule has 1 unspecified atom stereocenters. The van der Waals surface area contributed by atoms with Crippen LogP contribution in [0.3, 0.4) is 0 Å². The first-order valence-electron chi connectivity index (χ1n) is 6.29. The van der Waals surface area contributed by atoms with Crippen LogP contribution in [0.4, 0.5) is 5.69 Å². The van der Waals surface area contributed by atoms with E-state index < -0.39 is 9.75 Å². The van der Waals surface area contributed by atoms with Crippen LogP contribution in [0.25, 0.3) is 0 Å². The molecule has 1 atom stereocenters. The van der Waals surface area contributed by atoms with Gasteiger partial charge in [-0.25, -0.2) is 0 Å². The first-order chi connectivity index (χ1) is 8.87. The van der Waals surface area contributed by atoms with E-state index in [0.717, 1.165) is 12.2 Å². The number of nitrogens with one attached hydrogen (secondary N) is 1. The minimum absolute atomic E-state index is 0.0704. The second-order valence-electron chi connectivity index (χ2n) is 5.23. The van der Waals surface area contributed by atoms with Crippen molar-refractivity contribution in [2.75, 3.05) is 25.0 Å². The maximum atomic E-state index is 12.0. The number of para-hydroxylation sites is 1. The van der Waals surface area contributed by atoms with Crippen molar-refractivity contribution in [3.05, 3.63) is 30.3 Å². The average Bonchev–Trinajstić information content (AvgIpc) is 2.91. The van der Waals surface area contributed by atoms with Gasteiger partial charge in [0.05, 0.1) is 5.41 Å². The third-order valence-corrected chi connectivity index (χ3v) is 4.79. The molecule has 0 saturated heterocycles. The van der Waals surface area contributed by atoms with Gasteiger partial charge in [-0.3, -0.25) is 4.79 Å². The third kappa shape index (κ3) is 2.98. The minimum atomic E-state index is -0.900. The molecule has 0 heterocycles. The van der Waals surface area contributed by atoms with Gasteiger partial charge in [-0.05, 0) is 25.5 Å². The molecule has 1 aliphatic rings. The molecule has 1 amide bonds. The summed E-state index contributed by atoms with van der Waals surface area (Å²) in [6.07, 6.45) is 0.517. The number of rotatable bonds is 5. The van der Waals surface area contributed by atoms with Crippen LogP contribution in [0.15, 0.2) is 30.3 Å². The highest BCUT2D eigenvalue weighted by atomic mass is 35.5. The number of hydrogen-bond acceptors (Lipinski definition) is 2. The molecule has 0 radical (unpaired) electrons. The summed E-state index contributed by atoms with van der Waals surface area (Å²) in [6.45, 7) is 3.11. The number of anilines is 1. The number of amides is 1. The van der Waals surface area contributed by atoms with E-state index in [4.69, 9.17) is 23.2 Å². The van der Waals surface area contributed by atoms with Gasteiger partial charge in [-0.15, -0.1) is 23.2 Å². The van der Waals surface area contributed by atoms with Gasteiger partial charge in [0.15, 0.2) is 0 Å². The Morgan fingerprint density at radius 3 is 2.47 bits per heavy atom. The van der Waals surface area contributed by atoms with Crippen LogP contribution >= 0.6 is 23.2 Å². The number of alkyl halides is 2. The van der Waals surface area contributed by atoms with Gasteiger partial charge >= 0.3 is 0 Å². The van der Waals surface area contributed by atoms with Crippen LogP contribution in [-0.2, 0) is 4.79 Å². The molecule has 1 aliphatic carbocycles. The average molecular weight is 301 g/mol. The second kappa shape index (κ2) is 5.22. The molecule has 1 aromatic carbocycles. The normalized spacial score (nSPS) is 23.8. The molecule has 0 spiro atoms. The Balaban J connectivity index is 1.77. The van der Waals surface area contributed by atoms with E-state index >= 15 is 0 Å². The standard InChI is InChI=1S/C14H18Cl2N2O/c1-13(10-14(13,15)16)12(19)17-8-9-18(2)11-6-4-3-5-7-11/h3-7H,8-10H2,1-2H3,(H,17,19). The molecule has 1 saturated carbocycles. The molecule has 104 valence electrons. The van der Waals surface area contributed by atoms with E-state index in [0.29, 0.717) is 13.0 Å². The lowest BCUT2D eigenvalue weighted by Crippen LogP contribution is -2.38. The van der Waals surface area contributed by atoms with E-state index in [2.05, 4.69) is 10.2 Å². The summed E-state index contributed by atoms with van der Waals surface area (Å²) in [5, 5.41) is 2.89. The van der Waals surface area contributed by atoms with Crippen LogP contribution in [0.2, 0.25) is 0 Å². The molecule has 5 heteroatoms. The summed E-state index contributed by atoms with van der Waals surface area (Å²) in [6, 6.07) is 10.0. The van der Waals surface area contributed by atoms with Gasteiger partial charge in [0.25, 0.3) is 0 Å². The van der Waals surface area contributed by atoms with Gasteiger partial charge in [-0.2, -0.15) is 0 Å². The van der Waals surface area contributed by atoms with E-state index in [1.54, 1.807) is 6.92 Å². The van der Waals surface area contributed by atoms with Crippen LogP contribution in [0, 0.1) is 5.41 Å². The second-order valence-corrected chi connectivity index (χ2v) is 6.71. The topological polar surface area (TPSA) is 32.3 Å². The molecule has 19 heavy (non-hydrogen) atoms. The fourth-order valence-corrected chi connectivity index (χ4v) is 2.70. The lowest BCUT2D eigenvalue weighted by atomic mass is 10.1. The molecule has 1 N–H and O–H groups in total. The Bertz CT molecular complexity index is 464. The van der Waals surface area contributed by atoms with Gasteiger partial charge in [0.1, 0.15) is 4.33 Å². The summed E-state index contributed by atoms with van der Waals surface area (Å²) in [5.74, 6) is -0.0704. The predicted octanol–water partition coefficient (Wildman–Crippen LogP) is 2.82. The van der Waals surface area contributed by atoms with Crippen LogP contribution in [-0.4, -0.2) is 30.4 Å². The molecule has 0 bridgehead atoms. The Labute approximate surface area is 123 Å². The van der Waals surface area contributed by atoms with E-state index in [1.165, 1.54) is 0 Å². The predicted molar refractivity (Wildman–Crippen MR) is 79.9 cm³/mol. The largest absolute Gasteiger partial charge is 0.373 e. The number of likely N-dealkylation sites (N-methyl/N-ethyl adjacent to an activating group) is 1. The van der Waals surface area contributed by atoms with E-state index in [1.807, 2.05) is 37.4 Å². The summed E-state index contributed by atoms with van der Waals surface area (Å²) in [7, 11) is 1.99. The first kappa shape index (κ1) is 14.5. The van der Waals surface area contributed by atoms with Crippen molar-refractivity contribution >= 4 is 34.8 Å². The highest BCUT2D eigenvalue weighted by Crippen LogP contribution is 2.63. The maximum absolute atomic E-state index is 12.0. The Hall–Kier alpha value is -0.930. The summed E-state index contributed by atoms with van der Waals surface area (Å²) in [4.78, 5) is 14.0. The highest BCUT2D eigenvalue weighted by Gasteiger charge is 2.67. The SMILES string of the molecule is CN(CCNC(=O)C1(C)CC1(Cl)Cl)c1ccccc1. The minimum Gasteiger partial charge on any atom is -0.373 e. The summed E-state index contributed by atoms with van der Waals surface area (Å²) in [5.41, 5.74) is 0.486. The first-order valence-corrected chi connectivity index (χ1v) is 7.05. The van der Waals surface area contributed by atoms with Crippen molar-refractivity contribution in [2.24, 2.45) is 5.41 Å². The molecule has 2 rings (SSSR count). The Morgan fingerprint density at radius 1 is 1.37 bits per heavy atom. The molecular formula is C14H18Cl2N2O. The zero-order valence-corrected chi connectivity index (χ0v) is 12.6. The zero-order chi connectivity index (χ0) is 14.1. The van der Waals surface area contributed by atoms with Gasteiger partial charge in [0.2, 0.25) is 5.91 Å². The van der Waals surface area contributed by atoms with E-state index in [-0.39, 0.29) is 5.91 Å². The number of carbonyl (C=O) groups excluding carboxylic acids is 1. The molecular weight excluding hydrogens is 283 g/mol. The zero-order valence-electron chi connectivity index (χ0n) is 11.1. The van der Waals surface area contributed by atoms with Crippen molar-refractivity contribution < 1.29 is 4.79 Å². The monoisotopic (exact) mass is 300 g/mol. The van der Waals surface area contributed by atoms with Gasteiger partial charge in [0, 0.05) is 25.8 Å². The van der Waals surface area contributed by atoms with Gasteiger partial charge in [-0.1, -0.05) is 18.2 Å². The molecule has 1 aromatic rings. The maximum Gasteiger partial charge on any atom is 0.229 e. The third-order valence-electron chi connectivity index (χ3n) is 3.69. The van der Waals surface area contributed by atoms with E-state index in [9.17, 15) is 4.79 Å². The summed E-state index contributed by atoms with van der Waals surface area (Å²) >= 11 is 11.9. The van der Waals surface area contributed by atoms with Crippen molar-refractivity contribution in [2.45, 2.75) is 17.7 Å². The highest BCUT2D eigenvalue weighted by molar-refractivity contribution is 6.53. The van der Waals surface area contributed by atoms with Crippen LogP contribution < -0.4 is 10.2 Å². The molecule has 0 aliphatic heterocycles. The molecule has 3 nitrogen and oxygen atoms in total. The molecule has 1 fully saturated rings. The Morgan fingerprint density at radius 2 is 1.95 bits per heavy atom. The van der Waals surface area contributed by atoms with Gasteiger partial charge < -0.3 is 10.2 Å². The number of hydrogen-bond donors (Lipinski definition) is 1.